The second-order valence-corrected chi connectivity index (χ2v) is 8.65. The molecule has 1 amide bonds. The van der Waals surface area contributed by atoms with Gasteiger partial charge in [0, 0.05) is 32.0 Å². The van der Waals surface area contributed by atoms with Gasteiger partial charge in [0.05, 0.1) is 17.8 Å². The number of carbonyl (C=O) groups is 1. The number of halogens is 1. The van der Waals surface area contributed by atoms with Crippen LogP contribution in [0.1, 0.15) is 12.0 Å². The van der Waals surface area contributed by atoms with Crippen molar-refractivity contribution >= 4 is 15.9 Å². The molecule has 0 aliphatic heterocycles. The summed E-state index contributed by atoms with van der Waals surface area (Å²) in [7, 11) is -3.90. The Balaban J connectivity index is 1.67. The molecule has 9 heteroatoms. The number of nitrogens with one attached hydrogen (secondary N) is 1. The van der Waals surface area contributed by atoms with Crippen LogP contribution in [0, 0.1) is 5.82 Å². The maximum absolute atomic E-state index is 13.2. The van der Waals surface area contributed by atoms with Crippen molar-refractivity contribution in [2.24, 2.45) is 0 Å². The van der Waals surface area contributed by atoms with Gasteiger partial charge in [-0.15, -0.1) is 0 Å². The normalized spacial score (nSPS) is 11.5. The second-order valence-electron chi connectivity index (χ2n) is 6.72. The van der Waals surface area contributed by atoms with E-state index >= 15 is 0 Å². The third-order valence-electron chi connectivity index (χ3n) is 4.45. The largest absolute Gasteiger partial charge is 0.355 e. The molecule has 3 aromatic rings. The van der Waals surface area contributed by atoms with Gasteiger partial charge in [-0.2, -0.15) is 4.31 Å². The summed E-state index contributed by atoms with van der Waals surface area (Å²) in [4.78, 5) is 16.5. The van der Waals surface area contributed by atoms with E-state index in [4.69, 9.17) is 0 Å². The van der Waals surface area contributed by atoms with E-state index in [-0.39, 0.29) is 18.0 Å². The lowest BCUT2D eigenvalue weighted by Gasteiger charge is -2.22. The number of hydrogen-bond donors (Lipinski definition) is 1. The van der Waals surface area contributed by atoms with Gasteiger partial charge in [-0.25, -0.2) is 17.8 Å². The van der Waals surface area contributed by atoms with Crippen molar-refractivity contribution in [2.45, 2.75) is 24.4 Å². The highest BCUT2D eigenvalue weighted by molar-refractivity contribution is 7.89. The maximum Gasteiger partial charge on any atom is 0.243 e. The van der Waals surface area contributed by atoms with Crippen molar-refractivity contribution in [1.29, 1.82) is 0 Å². The number of benzene rings is 2. The molecule has 30 heavy (non-hydrogen) atoms. The van der Waals surface area contributed by atoms with E-state index in [2.05, 4.69) is 10.3 Å². The number of carbonyl (C=O) groups excluding carboxylic acids is 1. The van der Waals surface area contributed by atoms with Crippen LogP contribution in [0.4, 0.5) is 4.39 Å². The van der Waals surface area contributed by atoms with Gasteiger partial charge in [0.25, 0.3) is 0 Å². The van der Waals surface area contributed by atoms with Crippen LogP contribution in [-0.2, 0) is 27.9 Å². The van der Waals surface area contributed by atoms with Crippen LogP contribution >= 0.6 is 0 Å². The van der Waals surface area contributed by atoms with Crippen molar-refractivity contribution in [2.75, 3.05) is 13.1 Å². The zero-order valence-corrected chi connectivity index (χ0v) is 17.1. The summed E-state index contributed by atoms with van der Waals surface area (Å²) >= 11 is 0. The van der Waals surface area contributed by atoms with E-state index in [0.717, 1.165) is 4.31 Å². The van der Waals surface area contributed by atoms with Crippen LogP contribution in [-0.4, -0.2) is 41.3 Å². The van der Waals surface area contributed by atoms with Gasteiger partial charge in [-0.3, -0.25) is 4.79 Å². The fraction of sp³-hybridized carbons (Fsp3) is 0.238. The van der Waals surface area contributed by atoms with Crippen LogP contribution in [0.2, 0.25) is 0 Å². The summed E-state index contributed by atoms with van der Waals surface area (Å²) in [5, 5.41) is 2.76. The number of sulfonamides is 1. The van der Waals surface area contributed by atoms with Gasteiger partial charge in [-0.05, 0) is 36.2 Å². The molecule has 158 valence electrons. The van der Waals surface area contributed by atoms with Crippen molar-refractivity contribution in [3.8, 4) is 0 Å². The van der Waals surface area contributed by atoms with Gasteiger partial charge in [0.15, 0.2) is 0 Å². The minimum atomic E-state index is -3.90. The molecule has 0 saturated carbocycles. The first-order valence-electron chi connectivity index (χ1n) is 9.47. The summed E-state index contributed by atoms with van der Waals surface area (Å²) < 4.78 is 42.4. The predicted octanol–water partition coefficient (Wildman–Crippen LogP) is 2.42. The van der Waals surface area contributed by atoms with Crippen molar-refractivity contribution in [3.05, 3.63) is 84.7 Å². The van der Waals surface area contributed by atoms with Gasteiger partial charge in [-0.1, -0.05) is 30.3 Å². The predicted molar refractivity (Wildman–Crippen MR) is 110 cm³/mol. The lowest BCUT2D eigenvalue weighted by atomic mass is 10.2. The van der Waals surface area contributed by atoms with Gasteiger partial charge in [0.2, 0.25) is 15.9 Å². The Bertz CT molecular complexity index is 1040. The third-order valence-corrected chi connectivity index (χ3v) is 6.25. The monoisotopic (exact) mass is 430 g/mol. The molecule has 7 nitrogen and oxygen atoms in total. The first kappa shape index (κ1) is 21.7. The Morgan fingerprint density at radius 1 is 1.10 bits per heavy atom. The quantitative estimate of drug-likeness (QED) is 0.501. The van der Waals surface area contributed by atoms with Crippen LogP contribution in [0.25, 0.3) is 0 Å². The lowest BCUT2D eigenvalue weighted by molar-refractivity contribution is -0.121. The topological polar surface area (TPSA) is 84.3 Å². The Morgan fingerprint density at radius 3 is 2.50 bits per heavy atom. The van der Waals surface area contributed by atoms with Crippen molar-refractivity contribution < 1.29 is 17.6 Å². The summed E-state index contributed by atoms with van der Waals surface area (Å²) in [5.74, 6) is -0.811. The van der Waals surface area contributed by atoms with Gasteiger partial charge < -0.3 is 9.88 Å². The Hall–Kier alpha value is -3.04. The Labute approximate surface area is 175 Å². The number of rotatable bonds is 10. The lowest BCUT2D eigenvalue weighted by Crippen LogP contribution is -2.40. The molecule has 0 fully saturated rings. The standard InChI is InChI=1S/C21H23FN4O3S/c22-19-9-7-18(8-10-19)15-26(30(28,29)20-5-2-1-3-6-20)16-21(27)24-11-4-13-25-14-12-23-17-25/h1-3,5-10,12,14,17H,4,11,13,15-16H2,(H,24,27). The molecule has 0 spiro atoms. The minimum absolute atomic E-state index is 0.0417. The van der Waals surface area contributed by atoms with E-state index in [0.29, 0.717) is 25.1 Å². The van der Waals surface area contributed by atoms with Crippen LogP contribution in [0.3, 0.4) is 0 Å². The molecule has 3 rings (SSSR count). The second kappa shape index (κ2) is 10.1. The van der Waals surface area contributed by atoms with E-state index in [1.54, 1.807) is 30.7 Å². The number of amides is 1. The molecule has 2 aromatic carbocycles. The van der Waals surface area contributed by atoms with Crippen LogP contribution in [0.15, 0.2) is 78.2 Å². The highest BCUT2D eigenvalue weighted by Crippen LogP contribution is 2.18. The number of aryl methyl sites for hydroxylation is 1. The first-order chi connectivity index (χ1) is 14.4. The Kier molecular flexibility index (Phi) is 7.31. The van der Waals surface area contributed by atoms with E-state index in [1.165, 1.54) is 36.4 Å². The molecule has 1 heterocycles. The summed E-state index contributed by atoms with van der Waals surface area (Å²) in [6, 6.07) is 13.5. The minimum Gasteiger partial charge on any atom is -0.355 e. The SMILES string of the molecule is O=C(CN(Cc1ccc(F)cc1)S(=O)(=O)c1ccccc1)NCCCn1ccnc1. The molecule has 1 N–H and O–H groups in total. The zero-order chi connectivity index (χ0) is 21.4. The summed E-state index contributed by atoms with van der Waals surface area (Å²) in [6.45, 7) is 0.730. The smallest absolute Gasteiger partial charge is 0.243 e. The fourth-order valence-corrected chi connectivity index (χ4v) is 4.29. The van der Waals surface area contributed by atoms with Crippen molar-refractivity contribution in [3.63, 3.8) is 0 Å². The summed E-state index contributed by atoms with van der Waals surface area (Å²) in [5.41, 5.74) is 0.587. The van der Waals surface area contributed by atoms with E-state index < -0.39 is 21.7 Å². The molecule has 0 bridgehead atoms. The molecule has 0 aliphatic rings. The average Bonchev–Trinajstić information content (AvgIpc) is 3.26. The number of hydrogen-bond acceptors (Lipinski definition) is 4. The number of imidazole rings is 1. The molecule has 0 radical (unpaired) electrons. The van der Waals surface area contributed by atoms with Crippen LogP contribution < -0.4 is 5.32 Å². The third kappa shape index (κ3) is 5.98. The highest BCUT2D eigenvalue weighted by atomic mass is 32.2. The van der Waals surface area contributed by atoms with E-state index in [9.17, 15) is 17.6 Å². The molecular formula is C21H23FN4O3S. The molecule has 0 unspecified atom stereocenters. The Morgan fingerprint density at radius 2 is 1.83 bits per heavy atom. The van der Waals surface area contributed by atoms with Gasteiger partial charge >= 0.3 is 0 Å². The maximum atomic E-state index is 13.2. The zero-order valence-electron chi connectivity index (χ0n) is 16.3. The average molecular weight is 431 g/mol. The molecular weight excluding hydrogens is 407 g/mol. The van der Waals surface area contributed by atoms with E-state index in [1.807, 2.05) is 10.8 Å². The number of nitrogens with zero attached hydrogens (tertiary/aromatic N) is 3. The molecule has 0 aliphatic carbocycles. The summed E-state index contributed by atoms with van der Waals surface area (Å²) in [6.07, 6.45) is 5.89. The van der Waals surface area contributed by atoms with Gasteiger partial charge in [0.1, 0.15) is 5.82 Å². The highest BCUT2D eigenvalue weighted by Gasteiger charge is 2.26. The van der Waals surface area contributed by atoms with Crippen molar-refractivity contribution in [1.82, 2.24) is 19.2 Å². The first-order valence-corrected chi connectivity index (χ1v) is 10.9. The number of aromatic nitrogens is 2. The molecule has 1 aromatic heterocycles. The molecule has 0 atom stereocenters. The van der Waals surface area contributed by atoms with Crippen LogP contribution in [0.5, 0.6) is 0 Å². The fourth-order valence-electron chi connectivity index (χ4n) is 2.89. The molecule has 0 saturated heterocycles.